The van der Waals surface area contributed by atoms with Gasteiger partial charge in [0.2, 0.25) is 20.0 Å². The zero-order valence-electron chi connectivity index (χ0n) is 16.8. The van der Waals surface area contributed by atoms with Crippen LogP contribution in [0.2, 0.25) is 0 Å². The monoisotopic (exact) mass is 451 g/mol. The smallest absolute Gasteiger partial charge is 0.255 e. The Labute approximate surface area is 177 Å². The van der Waals surface area contributed by atoms with Crippen LogP contribution in [0.3, 0.4) is 0 Å². The minimum Gasteiger partial charge on any atom is -0.322 e. The molecule has 0 bridgehead atoms. The van der Waals surface area contributed by atoms with E-state index in [2.05, 4.69) is 10.0 Å². The van der Waals surface area contributed by atoms with Gasteiger partial charge in [-0.05, 0) is 55.3 Å². The SMILES string of the molecule is CCN(CC)S(=O)(=O)c1ccc(NC(=O)c2cccc(S(=O)(=O)NC3CC3)c2)cc1. The zero-order chi connectivity index (χ0) is 21.9. The Morgan fingerprint density at radius 2 is 1.60 bits per heavy atom. The minimum absolute atomic E-state index is 0.0291. The van der Waals surface area contributed by atoms with Gasteiger partial charge in [-0.1, -0.05) is 19.9 Å². The number of amides is 1. The molecule has 0 spiro atoms. The van der Waals surface area contributed by atoms with Gasteiger partial charge in [0.05, 0.1) is 9.79 Å². The van der Waals surface area contributed by atoms with Crippen molar-refractivity contribution in [1.29, 1.82) is 0 Å². The van der Waals surface area contributed by atoms with Crippen molar-refractivity contribution < 1.29 is 21.6 Å². The molecule has 0 unspecified atom stereocenters. The van der Waals surface area contributed by atoms with Gasteiger partial charge in [-0.3, -0.25) is 4.79 Å². The number of anilines is 1. The van der Waals surface area contributed by atoms with Crippen LogP contribution in [-0.2, 0) is 20.0 Å². The van der Waals surface area contributed by atoms with E-state index in [4.69, 9.17) is 0 Å². The topological polar surface area (TPSA) is 113 Å². The first-order chi connectivity index (χ1) is 14.2. The second-order valence-electron chi connectivity index (χ2n) is 6.99. The Morgan fingerprint density at radius 3 is 2.17 bits per heavy atom. The third-order valence-corrected chi connectivity index (χ3v) is 8.34. The van der Waals surface area contributed by atoms with Crippen LogP contribution in [0.5, 0.6) is 0 Å². The first-order valence-corrected chi connectivity index (χ1v) is 12.6. The van der Waals surface area contributed by atoms with Gasteiger partial charge in [0.25, 0.3) is 5.91 Å². The summed E-state index contributed by atoms with van der Waals surface area (Å²) in [5.74, 6) is -0.488. The van der Waals surface area contributed by atoms with Crippen molar-refractivity contribution >= 4 is 31.6 Å². The lowest BCUT2D eigenvalue weighted by molar-refractivity contribution is 0.102. The van der Waals surface area contributed by atoms with E-state index in [0.717, 1.165) is 12.8 Å². The van der Waals surface area contributed by atoms with Crippen LogP contribution >= 0.6 is 0 Å². The summed E-state index contributed by atoms with van der Waals surface area (Å²) in [5.41, 5.74) is 0.594. The van der Waals surface area contributed by atoms with Crippen molar-refractivity contribution in [3.63, 3.8) is 0 Å². The van der Waals surface area contributed by atoms with Crippen LogP contribution < -0.4 is 10.0 Å². The van der Waals surface area contributed by atoms with Gasteiger partial charge < -0.3 is 5.32 Å². The summed E-state index contributed by atoms with van der Waals surface area (Å²) in [5, 5.41) is 2.66. The van der Waals surface area contributed by atoms with Crippen LogP contribution in [-0.4, -0.2) is 46.2 Å². The fourth-order valence-electron chi connectivity index (χ4n) is 2.92. The van der Waals surface area contributed by atoms with E-state index in [9.17, 15) is 21.6 Å². The fraction of sp³-hybridized carbons (Fsp3) is 0.350. The predicted octanol–water partition coefficient (Wildman–Crippen LogP) is 2.41. The van der Waals surface area contributed by atoms with Crippen molar-refractivity contribution in [2.45, 2.75) is 42.5 Å². The highest BCUT2D eigenvalue weighted by molar-refractivity contribution is 7.89. The molecular weight excluding hydrogens is 426 g/mol. The molecule has 8 nitrogen and oxygen atoms in total. The number of benzene rings is 2. The number of hydrogen-bond donors (Lipinski definition) is 2. The van der Waals surface area contributed by atoms with E-state index < -0.39 is 26.0 Å². The molecule has 1 amide bonds. The largest absolute Gasteiger partial charge is 0.322 e. The van der Waals surface area contributed by atoms with Crippen LogP contribution in [0.4, 0.5) is 5.69 Å². The summed E-state index contributed by atoms with van der Waals surface area (Å²) >= 11 is 0. The molecule has 10 heteroatoms. The highest BCUT2D eigenvalue weighted by atomic mass is 32.2. The van der Waals surface area contributed by atoms with Gasteiger partial charge in [0.1, 0.15) is 0 Å². The molecule has 30 heavy (non-hydrogen) atoms. The summed E-state index contributed by atoms with van der Waals surface area (Å²) < 4.78 is 53.7. The van der Waals surface area contributed by atoms with Crippen molar-refractivity contribution in [2.24, 2.45) is 0 Å². The Bertz CT molecular complexity index is 1120. The lowest BCUT2D eigenvalue weighted by Gasteiger charge is -2.18. The molecule has 1 fully saturated rings. The van der Waals surface area contributed by atoms with Gasteiger partial charge in [-0.2, -0.15) is 4.31 Å². The van der Waals surface area contributed by atoms with Crippen LogP contribution in [0.1, 0.15) is 37.0 Å². The Morgan fingerprint density at radius 1 is 0.967 bits per heavy atom. The van der Waals surface area contributed by atoms with Crippen LogP contribution in [0.25, 0.3) is 0 Å². The molecule has 2 aromatic rings. The number of carbonyl (C=O) groups is 1. The molecule has 0 atom stereocenters. The summed E-state index contributed by atoms with van der Waals surface area (Å²) in [6, 6.07) is 11.6. The van der Waals surface area contributed by atoms with E-state index in [1.807, 2.05) is 0 Å². The maximum atomic E-state index is 12.6. The van der Waals surface area contributed by atoms with E-state index in [1.165, 1.54) is 52.8 Å². The maximum absolute atomic E-state index is 12.6. The first kappa shape index (κ1) is 22.4. The second-order valence-corrected chi connectivity index (χ2v) is 10.6. The van der Waals surface area contributed by atoms with E-state index >= 15 is 0 Å². The molecule has 0 aliphatic heterocycles. The number of nitrogens with zero attached hydrogens (tertiary/aromatic N) is 1. The molecule has 0 radical (unpaired) electrons. The number of sulfonamides is 2. The zero-order valence-corrected chi connectivity index (χ0v) is 18.5. The van der Waals surface area contributed by atoms with Gasteiger partial charge >= 0.3 is 0 Å². The molecule has 0 aromatic heterocycles. The van der Waals surface area contributed by atoms with Crippen LogP contribution in [0, 0.1) is 0 Å². The number of carbonyl (C=O) groups excluding carboxylic acids is 1. The molecular formula is C20H25N3O5S2. The average molecular weight is 452 g/mol. The van der Waals surface area contributed by atoms with Crippen molar-refractivity contribution in [3.8, 4) is 0 Å². The van der Waals surface area contributed by atoms with E-state index in [0.29, 0.717) is 18.8 Å². The molecule has 2 aromatic carbocycles. The number of hydrogen-bond acceptors (Lipinski definition) is 5. The molecule has 0 saturated heterocycles. The normalized spacial score (nSPS) is 14.6. The molecule has 2 N–H and O–H groups in total. The minimum atomic E-state index is -3.66. The van der Waals surface area contributed by atoms with Gasteiger partial charge in [-0.25, -0.2) is 21.6 Å². The Hall–Kier alpha value is -2.27. The van der Waals surface area contributed by atoms with Gasteiger partial charge in [0, 0.05) is 30.4 Å². The van der Waals surface area contributed by atoms with Gasteiger partial charge in [0.15, 0.2) is 0 Å². The Balaban J connectivity index is 1.74. The number of rotatable bonds is 9. The van der Waals surface area contributed by atoms with Gasteiger partial charge in [-0.15, -0.1) is 0 Å². The lowest BCUT2D eigenvalue weighted by Crippen LogP contribution is -2.30. The molecule has 3 rings (SSSR count). The van der Waals surface area contributed by atoms with Crippen molar-refractivity contribution in [1.82, 2.24) is 9.03 Å². The maximum Gasteiger partial charge on any atom is 0.255 e. The summed E-state index contributed by atoms with van der Waals surface area (Å²) in [6.07, 6.45) is 1.64. The highest BCUT2D eigenvalue weighted by Gasteiger charge is 2.28. The van der Waals surface area contributed by atoms with Crippen LogP contribution in [0.15, 0.2) is 58.3 Å². The van der Waals surface area contributed by atoms with Crippen molar-refractivity contribution in [2.75, 3.05) is 18.4 Å². The standard InChI is InChI=1S/C20H25N3O5S2/c1-3-23(4-2)30(27,28)18-12-10-16(11-13-18)21-20(24)15-6-5-7-19(14-15)29(25,26)22-17-8-9-17/h5-7,10-14,17,22H,3-4,8-9H2,1-2H3,(H,21,24). The molecule has 0 heterocycles. The fourth-order valence-corrected chi connectivity index (χ4v) is 5.73. The predicted molar refractivity (Wildman–Crippen MR) is 114 cm³/mol. The van der Waals surface area contributed by atoms with Crippen molar-refractivity contribution in [3.05, 3.63) is 54.1 Å². The molecule has 1 aliphatic carbocycles. The summed E-state index contributed by atoms with van der Waals surface area (Å²) in [4.78, 5) is 12.7. The third-order valence-electron chi connectivity index (χ3n) is 4.76. The van der Waals surface area contributed by atoms with E-state index in [1.54, 1.807) is 13.8 Å². The van der Waals surface area contributed by atoms with E-state index in [-0.39, 0.29) is 21.4 Å². The Kier molecular flexibility index (Phi) is 6.61. The quantitative estimate of drug-likeness (QED) is 0.608. The summed E-state index contributed by atoms with van der Waals surface area (Å²) in [7, 11) is -7.24. The molecule has 1 saturated carbocycles. The third kappa shape index (κ3) is 5.07. The second kappa shape index (κ2) is 8.84. The molecule has 1 aliphatic rings. The average Bonchev–Trinajstić information content (AvgIpc) is 3.52. The summed E-state index contributed by atoms with van der Waals surface area (Å²) in [6.45, 7) is 4.27. The molecule has 162 valence electrons. The lowest BCUT2D eigenvalue weighted by atomic mass is 10.2. The highest BCUT2D eigenvalue weighted by Crippen LogP contribution is 2.23. The number of nitrogens with one attached hydrogen (secondary N) is 2. The first-order valence-electron chi connectivity index (χ1n) is 9.71.